The number of nitrogens with one attached hydrogen (secondary N) is 2. The zero-order chi connectivity index (χ0) is 18.2. The molecular weight excluding hydrogens is 441 g/mol. The lowest BCUT2D eigenvalue weighted by Gasteiger charge is -2.20. The van der Waals surface area contributed by atoms with Gasteiger partial charge in [0.2, 0.25) is 5.91 Å². The Morgan fingerprint density at radius 1 is 1.46 bits per heavy atom. The van der Waals surface area contributed by atoms with Crippen molar-refractivity contribution in [3.05, 3.63) is 29.6 Å². The summed E-state index contributed by atoms with van der Waals surface area (Å²) in [6, 6.07) is 2.32. The third kappa shape index (κ3) is 6.74. The van der Waals surface area contributed by atoms with Crippen LogP contribution >= 0.6 is 24.0 Å². The van der Waals surface area contributed by atoms with Gasteiger partial charge in [0.1, 0.15) is 0 Å². The number of aromatic nitrogens is 1. The maximum Gasteiger partial charge on any atom is 0.225 e. The van der Waals surface area contributed by atoms with E-state index in [2.05, 4.69) is 40.5 Å². The van der Waals surface area contributed by atoms with Crippen molar-refractivity contribution in [3.63, 3.8) is 0 Å². The van der Waals surface area contributed by atoms with E-state index in [1.54, 1.807) is 0 Å². The van der Waals surface area contributed by atoms with Gasteiger partial charge in [0.05, 0.1) is 0 Å². The standard InChI is InChI=1S/C19H31N5O.HI/c1-5-21-19(22-10-7-16-6-9-20-12-15(16)4)23-17-8-11-24(13-17)18(25)14(2)3;/h6,9,12,14,17H,5,7-8,10-11,13H2,1-4H3,(H2,21,22,23);1H. The molecule has 1 fully saturated rings. The average Bonchev–Trinajstić information content (AvgIpc) is 3.04. The second kappa shape index (κ2) is 11.4. The van der Waals surface area contributed by atoms with Gasteiger partial charge in [-0.1, -0.05) is 13.8 Å². The van der Waals surface area contributed by atoms with Gasteiger partial charge < -0.3 is 15.5 Å². The number of guanidine groups is 1. The molecule has 1 aliphatic heterocycles. The van der Waals surface area contributed by atoms with Crippen molar-refractivity contribution in [1.29, 1.82) is 0 Å². The van der Waals surface area contributed by atoms with Gasteiger partial charge in [0.25, 0.3) is 0 Å². The van der Waals surface area contributed by atoms with Crippen LogP contribution in [0.2, 0.25) is 0 Å². The fraction of sp³-hybridized carbons (Fsp3) is 0.632. The molecule has 1 unspecified atom stereocenters. The Kier molecular flexibility index (Phi) is 9.90. The van der Waals surface area contributed by atoms with Gasteiger partial charge in [-0.2, -0.15) is 0 Å². The number of pyridine rings is 1. The minimum absolute atomic E-state index is 0. The first-order chi connectivity index (χ1) is 12.0. The first kappa shape index (κ1) is 22.7. The van der Waals surface area contributed by atoms with Gasteiger partial charge in [0.15, 0.2) is 5.96 Å². The zero-order valence-electron chi connectivity index (χ0n) is 16.3. The van der Waals surface area contributed by atoms with Gasteiger partial charge >= 0.3 is 0 Å². The molecule has 2 N–H and O–H groups in total. The van der Waals surface area contributed by atoms with E-state index < -0.39 is 0 Å². The molecule has 1 saturated heterocycles. The maximum atomic E-state index is 12.1. The predicted octanol–water partition coefficient (Wildman–Crippen LogP) is 2.36. The van der Waals surface area contributed by atoms with Crippen LogP contribution in [-0.4, -0.2) is 54.0 Å². The van der Waals surface area contributed by atoms with Crippen molar-refractivity contribution >= 4 is 35.8 Å². The summed E-state index contributed by atoms with van der Waals surface area (Å²) in [6.07, 6.45) is 5.58. The van der Waals surface area contributed by atoms with Gasteiger partial charge in [-0.05, 0) is 43.9 Å². The van der Waals surface area contributed by atoms with E-state index in [-0.39, 0.29) is 41.8 Å². The molecule has 0 bridgehead atoms. The quantitative estimate of drug-likeness (QED) is 0.378. The Balaban J connectivity index is 0.00000338. The smallest absolute Gasteiger partial charge is 0.225 e. The van der Waals surface area contributed by atoms with Crippen LogP contribution in [0.15, 0.2) is 23.5 Å². The number of rotatable bonds is 6. The van der Waals surface area contributed by atoms with Crippen molar-refractivity contribution < 1.29 is 4.79 Å². The van der Waals surface area contributed by atoms with Crippen LogP contribution in [0.5, 0.6) is 0 Å². The minimum Gasteiger partial charge on any atom is -0.357 e. The summed E-state index contributed by atoms with van der Waals surface area (Å²) < 4.78 is 0. The van der Waals surface area contributed by atoms with Crippen LogP contribution in [0, 0.1) is 12.8 Å². The first-order valence-corrected chi connectivity index (χ1v) is 9.24. The molecule has 1 aromatic heterocycles. The SMILES string of the molecule is CCNC(=NCCc1ccncc1C)NC1CCN(C(=O)C(C)C)C1.I. The Morgan fingerprint density at radius 3 is 2.88 bits per heavy atom. The van der Waals surface area contributed by atoms with Crippen LogP contribution in [0.25, 0.3) is 0 Å². The van der Waals surface area contributed by atoms with Crippen molar-refractivity contribution in [1.82, 2.24) is 20.5 Å². The van der Waals surface area contributed by atoms with E-state index >= 15 is 0 Å². The second-order valence-corrected chi connectivity index (χ2v) is 6.88. The molecule has 6 nitrogen and oxygen atoms in total. The van der Waals surface area contributed by atoms with Crippen LogP contribution in [0.4, 0.5) is 0 Å². The molecular formula is C19H32IN5O. The molecule has 0 aromatic carbocycles. The lowest BCUT2D eigenvalue weighted by Crippen LogP contribution is -2.45. The van der Waals surface area contributed by atoms with Crippen molar-refractivity contribution in [3.8, 4) is 0 Å². The normalized spacial score (nSPS) is 17.2. The van der Waals surface area contributed by atoms with E-state index in [1.807, 2.05) is 31.1 Å². The Hall–Kier alpha value is -1.38. The zero-order valence-corrected chi connectivity index (χ0v) is 18.6. The number of hydrogen-bond donors (Lipinski definition) is 2. The monoisotopic (exact) mass is 473 g/mol. The molecule has 0 aliphatic carbocycles. The fourth-order valence-electron chi connectivity index (χ4n) is 3.03. The van der Waals surface area contributed by atoms with E-state index in [4.69, 9.17) is 0 Å². The Bertz CT molecular complexity index is 605. The Labute approximate surface area is 174 Å². The molecule has 146 valence electrons. The first-order valence-electron chi connectivity index (χ1n) is 9.24. The lowest BCUT2D eigenvalue weighted by molar-refractivity contribution is -0.133. The van der Waals surface area contributed by atoms with Crippen LogP contribution in [-0.2, 0) is 11.2 Å². The number of hydrogen-bond acceptors (Lipinski definition) is 3. The minimum atomic E-state index is 0. The van der Waals surface area contributed by atoms with Crippen molar-refractivity contribution in [2.45, 2.75) is 46.6 Å². The number of carbonyl (C=O) groups excluding carboxylic acids is 1. The molecule has 1 aliphatic rings. The second-order valence-electron chi connectivity index (χ2n) is 6.88. The summed E-state index contributed by atoms with van der Waals surface area (Å²) in [6.45, 7) is 11.2. The number of carbonyl (C=O) groups is 1. The summed E-state index contributed by atoms with van der Waals surface area (Å²) in [5, 5.41) is 6.77. The molecule has 26 heavy (non-hydrogen) atoms. The van der Waals surface area contributed by atoms with Gasteiger partial charge in [-0.15, -0.1) is 24.0 Å². The number of amides is 1. The molecule has 0 spiro atoms. The van der Waals surface area contributed by atoms with E-state index in [1.165, 1.54) is 11.1 Å². The van der Waals surface area contributed by atoms with E-state index in [0.29, 0.717) is 0 Å². The maximum absolute atomic E-state index is 12.1. The molecule has 7 heteroatoms. The largest absolute Gasteiger partial charge is 0.357 e. The molecule has 1 aromatic rings. The third-order valence-electron chi connectivity index (χ3n) is 4.47. The number of aryl methyl sites for hydroxylation is 1. The highest BCUT2D eigenvalue weighted by Gasteiger charge is 2.27. The number of nitrogens with zero attached hydrogens (tertiary/aromatic N) is 3. The van der Waals surface area contributed by atoms with Crippen LogP contribution in [0.3, 0.4) is 0 Å². The number of halogens is 1. The summed E-state index contributed by atoms with van der Waals surface area (Å²) >= 11 is 0. The number of aliphatic imine (C=N–C) groups is 1. The van der Waals surface area contributed by atoms with Gasteiger partial charge in [-0.25, -0.2) is 0 Å². The Morgan fingerprint density at radius 2 is 2.23 bits per heavy atom. The summed E-state index contributed by atoms with van der Waals surface area (Å²) in [5.41, 5.74) is 2.48. The highest BCUT2D eigenvalue weighted by Crippen LogP contribution is 2.12. The van der Waals surface area contributed by atoms with E-state index in [0.717, 1.165) is 45.0 Å². The summed E-state index contributed by atoms with van der Waals surface area (Å²) in [7, 11) is 0. The van der Waals surface area contributed by atoms with Gasteiger partial charge in [0, 0.05) is 50.5 Å². The topological polar surface area (TPSA) is 69.6 Å². The average molecular weight is 473 g/mol. The molecule has 2 heterocycles. The molecule has 1 atom stereocenters. The summed E-state index contributed by atoms with van der Waals surface area (Å²) in [4.78, 5) is 22.9. The van der Waals surface area contributed by atoms with Crippen LogP contribution < -0.4 is 10.6 Å². The highest BCUT2D eigenvalue weighted by molar-refractivity contribution is 14.0. The van der Waals surface area contributed by atoms with Crippen LogP contribution in [0.1, 0.15) is 38.3 Å². The number of likely N-dealkylation sites (tertiary alicyclic amines) is 1. The third-order valence-corrected chi connectivity index (χ3v) is 4.47. The summed E-state index contributed by atoms with van der Waals surface area (Å²) in [5.74, 6) is 1.13. The molecule has 0 radical (unpaired) electrons. The van der Waals surface area contributed by atoms with Gasteiger partial charge in [-0.3, -0.25) is 14.8 Å². The van der Waals surface area contributed by atoms with Crippen molar-refractivity contribution in [2.75, 3.05) is 26.2 Å². The molecule has 1 amide bonds. The molecule has 2 rings (SSSR count). The van der Waals surface area contributed by atoms with Crippen molar-refractivity contribution in [2.24, 2.45) is 10.9 Å². The fourth-order valence-corrected chi connectivity index (χ4v) is 3.03. The highest BCUT2D eigenvalue weighted by atomic mass is 127. The van der Waals surface area contributed by atoms with E-state index in [9.17, 15) is 4.79 Å². The predicted molar refractivity (Wildman–Crippen MR) is 117 cm³/mol. The lowest BCUT2D eigenvalue weighted by atomic mass is 10.1. The molecule has 0 saturated carbocycles.